The van der Waals surface area contributed by atoms with E-state index in [2.05, 4.69) is 13.8 Å². The van der Waals surface area contributed by atoms with Crippen molar-refractivity contribution >= 4 is 22.7 Å². The van der Waals surface area contributed by atoms with Crippen LogP contribution in [0.4, 0.5) is 0 Å². The molecule has 1 amide bonds. The molecule has 6 nitrogen and oxygen atoms in total. The highest BCUT2D eigenvalue weighted by Gasteiger charge is 2.45. The predicted octanol–water partition coefficient (Wildman–Crippen LogP) is 5.31. The van der Waals surface area contributed by atoms with Gasteiger partial charge < -0.3 is 19.2 Å². The summed E-state index contributed by atoms with van der Waals surface area (Å²) in [6, 6.07) is 16.2. The van der Waals surface area contributed by atoms with Gasteiger partial charge in [0.25, 0.3) is 5.91 Å². The van der Waals surface area contributed by atoms with Gasteiger partial charge in [-0.3, -0.25) is 9.59 Å². The van der Waals surface area contributed by atoms with Crippen LogP contribution < -0.4 is 0 Å². The zero-order valence-electron chi connectivity index (χ0n) is 18.8. The molecule has 5 rings (SSSR count). The highest BCUT2D eigenvalue weighted by Crippen LogP contribution is 2.40. The van der Waals surface area contributed by atoms with Crippen molar-refractivity contribution in [3.05, 3.63) is 82.8 Å². The highest BCUT2D eigenvalue weighted by molar-refractivity contribution is 6.16. The molecule has 0 radical (unpaired) electrons. The van der Waals surface area contributed by atoms with Gasteiger partial charge in [-0.15, -0.1) is 0 Å². The Hall–Kier alpha value is -3.38. The van der Waals surface area contributed by atoms with E-state index in [-0.39, 0.29) is 17.4 Å². The van der Waals surface area contributed by atoms with Gasteiger partial charge in [-0.2, -0.15) is 0 Å². The number of furan rings is 1. The van der Waals surface area contributed by atoms with Crippen LogP contribution in [0.1, 0.15) is 60.3 Å². The predicted molar refractivity (Wildman–Crippen MR) is 124 cm³/mol. The van der Waals surface area contributed by atoms with Gasteiger partial charge in [-0.25, -0.2) is 0 Å². The van der Waals surface area contributed by atoms with Crippen LogP contribution in [0.5, 0.6) is 0 Å². The lowest BCUT2D eigenvalue weighted by molar-refractivity contribution is -0.131. The molecule has 6 heteroatoms. The lowest BCUT2D eigenvalue weighted by atomic mass is 9.92. The second-order valence-corrected chi connectivity index (χ2v) is 9.06. The molecule has 33 heavy (non-hydrogen) atoms. The van der Waals surface area contributed by atoms with Crippen molar-refractivity contribution in [2.45, 2.75) is 44.8 Å². The van der Waals surface area contributed by atoms with Crippen molar-refractivity contribution in [3.8, 4) is 0 Å². The average Bonchev–Trinajstić information content (AvgIpc) is 3.54. The van der Waals surface area contributed by atoms with Crippen molar-refractivity contribution < 1.29 is 23.8 Å². The fourth-order valence-corrected chi connectivity index (χ4v) is 4.72. The van der Waals surface area contributed by atoms with Crippen LogP contribution in [-0.2, 0) is 9.53 Å². The number of ketones is 1. The molecule has 1 fully saturated rings. The minimum Gasteiger partial charge on any atom is -0.503 e. The molecule has 1 aromatic heterocycles. The third-order valence-corrected chi connectivity index (χ3v) is 6.54. The molecule has 2 aliphatic heterocycles. The minimum atomic E-state index is -0.705. The molecule has 3 aromatic rings. The summed E-state index contributed by atoms with van der Waals surface area (Å²) in [5, 5.41) is 11.7. The van der Waals surface area contributed by atoms with E-state index in [0.717, 1.165) is 29.4 Å². The number of nitrogens with zero attached hydrogens (tertiary/aromatic N) is 1. The number of benzene rings is 2. The maximum atomic E-state index is 13.6. The number of aliphatic hydroxyl groups is 1. The van der Waals surface area contributed by atoms with Crippen LogP contribution in [0.2, 0.25) is 0 Å². The second kappa shape index (κ2) is 8.52. The number of hydrogen-bond donors (Lipinski definition) is 1. The van der Waals surface area contributed by atoms with E-state index in [1.54, 1.807) is 17.0 Å². The third kappa shape index (κ3) is 3.85. The SMILES string of the molecule is CC(C)c1ccc(C2C(C(=O)c3cc4ccccc4o3)=C(O)C(=O)N2CC2CCCO2)cc1. The molecule has 2 atom stereocenters. The van der Waals surface area contributed by atoms with Crippen LogP contribution in [0.25, 0.3) is 11.0 Å². The first-order chi connectivity index (χ1) is 15.9. The van der Waals surface area contributed by atoms with Gasteiger partial charge in [-0.05, 0) is 42.0 Å². The first-order valence-corrected chi connectivity index (χ1v) is 11.4. The molecular weight excluding hydrogens is 418 g/mol. The van der Waals surface area contributed by atoms with E-state index in [1.165, 1.54) is 0 Å². The zero-order valence-corrected chi connectivity index (χ0v) is 18.8. The van der Waals surface area contributed by atoms with E-state index >= 15 is 0 Å². The van der Waals surface area contributed by atoms with E-state index < -0.39 is 23.5 Å². The lowest BCUT2D eigenvalue weighted by Gasteiger charge is -2.29. The third-order valence-electron chi connectivity index (χ3n) is 6.54. The summed E-state index contributed by atoms with van der Waals surface area (Å²) >= 11 is 0. The number of amides is 1. The molecule has 170 valence electrons. The Morgan fingerprint density at radius 1 is 1.15 bits per heavy atom. The summed E-state index contributed by atoms with van der Waals surface area (Å²) in [5.41, 5.74) is 2.56. The molecule has 2 aromatic carbocycles. The standard InChI is InChI=1S/C27H27NO5/c1-16(2)17-9-11-18(12-10-17)24-23(25(29)22-14-19-6-3-4-8-21(19)33-22)26(30)27(31)28(24)15-20-7-5-13-32-20/h3-4,6,8-12,14,16,20,24,30H,5,7,13,15H2,1-2H3. The topological polar surface area (TPSA) is 80.0 Å². The van der Waals surface area contributed by atoms with Crippen LogP contribution in [-0.4, -0.2) is 41.0 Å². The van der Waals surface area contributed by atoms with Gasteiger partial charge in [-0.1, -0.05) is 56.3 Å². The number of aliphatic hydroxyl groups excluding tert-OH is 1. The number of rotatable bonds is 6. The first-order valence-electron chi connectivity index (χ1n) is 11.4. The molecule has 0 spiro atoms. The lowest BCUT2D eigenvalue weighted by Crippen LogP contribution is -2.37. The number of hydrogen-bond acceptors (Lipinski definition) is 5. The maximum Gasteiger partial charge on any atom is 0.290 e. The summed E-state index contributed by atoms with van der Waals surface area (Å²) in [6.45, 7) is 5.20. The number of ether oxygens (including phenoxy) is 1. The van der Waals surface area contributed by atoms with E-state index in [0.29, 0.717) is 24.7 Å². The van der Waals surface area contributed by atoms with Gasteiger partial charge in [0, 0.05) is 18.5 Å². The van der Waals surface area contributed by atoms with Crippen molar-refractivity contribution in [2.24, 2.45) is 0 Å². The number of carbonyl (C=O) groups excluding carboxylic acids is 2. The Morgan fingerprint density at radius 2 is 1.91 bits per heavy atom. The van der Waals surface area contributed by atoms with Gasteiger partial charge in [0.1, 0.15) is 5.58 Å². The van der Waals surface area contributed by atoms with Crippen LogP contribution in [0.3, 0.4) is 0 Å². The Morgan fingerprint density at radius 3 is 2.58 bits per heavy atom. The van der Waals surface area contributed by atoms with E-state index in [4.69, 9.17) is 9.15 Å². The Labute approximate surface area is 192 Å². The summed E-state index contributed by atoms with van der Waals surface area (Å²) in [7, 11) is 0. The molecule has 1 N–H and O–H groups in total. The monoisotopic (exact) mass is 445 g/mol. The Kier molecular flexibility index (Phi) is 5.54. The van der Waals surface area contributed by atoms with Crippen molar-refractivity contribution in [1.29, 1.82) is 0 Å². The van der Waals surface area contributed by atoms with Crippen molar-refractivity contribution in [3.63, 3.8) is 0 Å². The van der Waals surface area contributed by atoms with Crippen LogP contribution in [0.15, 0.2) is 70.3 Å². The summed E-state index contributed by atoms with van der Waals surface area (Å²) in [5.74, 6) is -1.09. The van der Waals surface area contributed by atoms with Crippen molar-refractivity contribution in [1.82, 2.24) is 4.90 Å². The van der Waals surface area contributed by atoms with Gasteiger partial charge in [0.2, 0.25) is 5.78 Å². The second-order valence-electron chi connectivity index (χ2n) is 9.06. The van der Waals surface area contributed by atoms with Crippen molar-refractivity contribution in [2.75, 3.05) is 13.2 Å². The van der Waals surface area contributed by atoms with Crippen LogP contribution >= 0.6 is 0 Å². The molecule has 0 aliphatic carbocycles. The highest BCUT2D eigenvalue weighted by atomic mass is 16.5. The maximum absolute atomic E-state index is 13.6. The zero-order chi connectivity index (χ0) is 23.1. The minimum absolute atomic E-state index is 0.0503. The van der Waals surface area contributed by atoms with Gasteiger partial charge >= 0.3 is 0 Å². The first kappa shape index (κ1) is 21.5. The average molecular weight is 446 g/mol. The smallest absolute Gasteiger partial charge is 0.290 e. The van der Waals surface area contributed by atoms with E-state index in [9.17, 15) is 14.7 Å². The molecule has 3 heterocycles. The summed E-state index contributed by atoms with van der Waals surface area (Å²) in [4.78, 5) is 28.3. The van der Waals surface area contributed by atoms with Gasteiger partial charge in [0.15, 0.2) is 11.5 Å². The molecule has 2 aliphatic rings. The number of para-hydroxylation sites is 1. The quantitative estimate of drug-likeness (QED) is 0.520. The van der Waals surface area contributed by atoms with Crippen LogP contribution in [0, 0.1) is 0 Å². The fourth-order valence-electron chi connectivity index (χ4n) is 4.72. The molecule has 0 saturated carbocycles. The Bertz CT molecular complexity index is 1200. The summed E-state index contributed by atoms with van der Waals surface area (Å²) in [6.07, 6.45) is 1.67. The van der Waals surface area contributed by atoms with Gasteiger partial charge in [0.05, 0.1) is 17.7 Å². The molecule has 1 saturated heterocycles. The molecular formula is C27H27NO5. The molecule has 0 bridgehead atoms. The Balaban J connectivity index is 1.56. The summed E-state index contributed by atoms with van der Waals surface area (Å²) < 4.78 is 11.5. The molecule has 2 unspecified atom stereocenters. The number of Topliss-reactive ketones (excluding diaryl/α,β-unsaturated/α-hetero) is 1. The normalized spacial score (nSPS) is 21.1. The fraction of sp³-hybridized carbons (Fsp3) is 0.333. The number of carbonyl (C=O) groups is 2. The van der Waals surface area contributed by atoms with E-state index in [1.807, 2.05) is 42.5 Å². The number of fused-ring (bicyclic) bond motifs is 1. The largest absolute Gasteiger partial charge is 0.503 e.